The summed E-state index contributed by atoms with van der Waals surface area (Å²) >= 11 is 0. The second-order valence-corrected chi connectivity index (χ2v) is 5.37. The van der Waals surface area contributed by atoms with Gasteiger partial charge in [0.2, 0.25) is 5.91 Å². The summed E-state index contributed by atoms with van der Waals surface area (Å²) in [5.41, 5.74) is 6.61. The number of carbonyl (C=O) groups excluding carboxylic acids is 2. The van der Waals surface area contributed by atoms with Crippen molar-refractivity contribution in [2.75, 3.05) is 5.32 Å². The number of anilines is 1. The van der Waals surface area contributed by atoms with Gasteiger partial charge in [0, 0.05) is 17.8 Å². The van der Waals surface area contributed by atoms with Gasteiger partial charge in [-0.3, -0.25) is 14.9 Å². The number of nitro groups is 1. The quantitative estimate of drug-likeness (QED) is 0.350. The van der Waals surface area contributed by atoms with Crippen molar-refractivity contribution in [3.63, 3.8) is 0 Å². The van der Waals surface area contributed by atoms with Crippen LogP contribution < -0.4 is 15.8 Å². The molecule has 0 radical (unpaired) electrons. The molecule has 3 N–H and O–H groups in total. The zero-order valence-corrected chi connectivity index (χ0v) is 13.9. The summed E-state index contributed by atoms with van der Waals surface area (Å²) in [6.07, 6.45) is -0.937. The molecule has 9 nitrogen and oxygen atoms in total. The molecule has 0 spiro atoms. The number of carbonyl (C=O) groups is 2. The Hall–Kier alpha value is -3.46. The number of ether oxygens (including phenoxy) is 2. The molecule has 0 saturated carbocycles. The zero-order valence-electron chi connectivity index (χ0n) is 13.9. The molecule has 0 saturated heterocycles. The van der Waals surface area contributed by atoms with Crippen molar-refractivity contribution >= 4 is 23.4 Å². The third-order valence-electron chi connectivity index (χ3n) is 3.24. The summed E-state index contributed by atoms with van der Waals surface area (Å²) in [5.74, 6) is -0.171. The number of hydrogen-bond donors (Lipinski definition) is 2. The number of nitrogens with one attached hydrogen (secondary N) is 1. The van der Waals surface area contributed by atoms with E-state index in [0.717, 1.165) is 0 Å². The fourth-order valence-corrected chi connectivity index (χ4v) is 1.84. The number of nitrogens with zero attached hydrogens (tertiary/aromatic N) is 1. The van der Waals surface area contributed by atoms with E-state index in [1.165, 1.54) is 24.3 Å². The molecule has 2 rings (SSSR count). The van der Waals surface area contributed by atoms with Crippen molar-refractivity contribution < 1.29 is 24.0 Å². The van der Waals surface area contributed by atoms with Gasteiger partial charge in [-0.25, -0.2) is 4.79 Å². The highest BCUT2D eigenvalue weighted by Crippen LogP contribution is 2.18. The summed E-state index contributed by atoms with van der Waals surface area (Å²) in [6, 6.07) is 11.1. The van der Waals surface area contributed by atoms with Gasteiger partial charge >= 0.3 is 6.16 Å². The Morgan fingerprint density at radius 3 is 2.31 bits per heavy atom. The molecule has 136 valence electrons. The first kappa shape index (κ1) is 18.9. The molecule has 1 atom stereocenters. The molecule has 0 aliphatic carbocycles. The van der Waals surface area contributed by atoms with Crippen molar-refractivity contribution in [1.29, 1.82) is 0 Å². The maximum Gasteiger partial charge on any atom is 0.514 e. The first-order chi connectivity index (χ1) is 12.3. The van der Waals surface area contributed by atoms with E-state index in [4.69, 9.17) is 15.2 Å². The molecule has 0 fully saturated rings. The lowest BCUT2D eigenvalue weighted by Gasteiger charge is -2.09. The van der Waals surface area contributed by atoms with Gasteiger partial charge in [0.25, 0.3) is 5.69 Å². The maximum absolute atomic E-state index is 11.6. The Kier molecular flexibility index (Phi) is 6.23. The normalized spacial score (nSPS) is 11.3. The van der Waals surface area contributed by atoms with Crippen molar-refractivity contribution in [1.82, 2.24) is 0 Å². The lowest BCUT2D eigenvalue weighted by atomic mass is 10.2. The van der Waals surface area contributed by atoms with Crippen molar-refractivity contribution in [3.05, 3.63) is 64.2 Å². The molecular formula is C17H17N3O6. The van der Waals surface area contributed by atoms with E-state index in [9.17, 15) is 19.7 Å². The van der Waals surface area contributed by atoms with Crippen molar-refractivity contribution in [2.45, 2.75) is 19.6 Å². The lowest BCUT2D eigenvalue weighted by Crippen LogP contribution is -2.32. The number of rotatable bonds is 6. The minimum Gasteiger partial charge on any atom is -0.429 e. The SMILES string of the molecule is C[C@H](N)C(=O)Nc1ccc(COC(=O)Oc2ccc([N+](=O)[O-])cc2)cc1. The van der Waals surface area contributed by atoms with Crippen LogP contribution in [0.15, 0.2) is 48.5 Å². The zero-order chi connectivity index (χ0) is 19.1. The van der Waals surface area contributed by atoms with Crippen LogP contribution in [0.25, 0.3) is 0 Å². The highest BCUT2D eigenvalue weighted by Gasteiger charge is 2.10. The predicted octanol–water partition coefficient (Wildman–Crippen LogP) is 2.60. The molecule has 0 aliphatic heterocycles. The fraction of sp³-hybridized carbons (Fsp3) is 0.176. The van der Waals surface area contributed by atoms with Crippen LogP contribution in [0.1, 0.15) is 12.5 Å². The summed E-state index contributed by atoms with van der Waals surface area (Å²) in [5, 5.41) is 13.2. The van der Waals surface area contributed by atoms with Crippen molar-refractivity contribution in [3.8, 4) is 5.75 Å². The molecule has 0 unspecified atom stereocenters. The van der Waals surface area contributed by atoms with Crippen LogP contribution in [-0.2, 0) is 16.1 Å². The summed E-state index contributed by atoms with van der Waals surface area (Å²) < 4.78 is 9.89. The van der Waals surface area contributed by atoms with E-state index in [1.807, 2.05) is 0 Å². The Bertz CT molecular complexity index is 787. The first-order valence-electron chi connectivity index (χ1n) is 7.59. The van der Waals surface area contributed by atoms with Gasteiger partial charge in [0.05, 0.1) is 11.0 Å². The number of amides is 1. The molecule has 0 bridgehead atoms. The number of nitrogens with two attached hydrogens (primary N) is 1. The van der Waals surface area contributed by atoms with Crippen LogP contribution in [0.4, 0.5) is 16.2 Å². The van der Waals surface area contributed by atoms with Gasteiger partial charge in [-0.2, -0.15) is 0 Å². The average Bonchev–Trinajstić information content (AvgIpc) is 2.61. The molecule has 26 heavy (non-hydrogen) atoms. The Labute approximate surface area is 148 Å². The van der Waals surface area contributed by atoms with Crippen LogP contribution in [0, 0.1) is 10.1 Å². The summed E-state index contributed by atoms with van der Waals surface area (Å²) in [4.78, 5) is 33.1. The third kappa shape index (κ3) is 5.56. The van der Waals surface area contributed by atoms with Crippen LogP contribution in [0.2, 0.25) is 0 Å². The van der Waals surface area contributed by atoms with E-state index in [1.54, 1.807) is 31.2 Å². The largest absolute Gasteiger partial charge is 0.514 e. The monoisotopic (exact) mass is 359 g/mol. The van der Waals surface area contributed by atoms with Gasteiger partial charge in [0.1, 0.15) is 12.4 Å². The van der Waals surface area contributed by atoms with Gasteiger partial charge in [-0.15, -0.1) is 0 Å². The highest BCUT2D eigenvalue weighted by atomic mass is 16.7. The molecule has 0 aromatic heterocycles. The Morgan fingerprint density at radius 1 is 1.15 bits per heavy atom. The first-order valence-corrected chi connectivity index (χ1v) is 7.59. The van der Waals surface area contributed by atoms with Crippen LogP contribution in [-0.4, -0.2) is 23.0 Å². The van der Waals surface area contributed by atoms with Gasteiger partial charge in [0.15, 0.2) is 0 Å². The molecule has 0 aliphatic rings. The summed E-state index contributed by atoms with van der Waals surface area (Å²) in [7, 11) is 0. The number of non-ortho nitro benzene ring substituents is 1. The smallest absolute Gasteiger partial charge is 0.429 e. The Balaban J connectivity index is 1.83. The number of hydrogen-bond acceptors (Lipinski definition) is 7. The standard InChI is InChI=1S/C17H17N3O6/c1-11(18)16(21)19-13-4-2-12(3-5-13)10-25-17(22)26-15-8-6-14(7-9-15)20(23)24/h2-9,11H,10,18H2,1H3,(H,19,21)/t11-/m0/s1. The van der Waals surface area contributed by atoms with Crippen LogP contribution >= 0.6 is 0 Å². The second-order valence-electron chi connectivity index (χ2n) is 5.37. The lowest BCUT2D eigenvalue weighted by molar-refractivity contribution is -0.384. The minimum atomic E-state index is -0.937. The number of nitro benzene ring substituents is 1. The number of benzene rings is 2. The minimum absolute atomic E-state index is 0.0344. The maximum atomic E-state index is 11.6. The van der Waals surface area contributed by atoms with Crippen molar-refractivity contribution in [2.24, 2.45) is 5.73 Å². The highest BCUT2D eigenvalue weighted by molar-refractivity contribution is 5.94. The van der Waals surface area contributed by atoms with Gasteiger partial charge < -0.3 is 20.5 Å². The summed E-state index contributed by atoms with van der Waals surface area (Å²) in [6.45, 7) is 1.54. The average molecular weight is 359 g/mol. The van der Waals surface area contributed by atoms with E-state index < -0.39 is 17.1 Å². The van der Waals surface area contributed by atoms with E-state index in [-0.39, 0.29) is 24.0 Å². The molecular weight excluding hydrogens is 342 g/mol. The van der Waals surface area contributed by atoms with E-state index in [2.05, 4.69) is 5.32 Å². The molecule has 9 heteroatoms. The Morgan fingerprint density at radius 2 is 1.77 bits per heavy atom. The fourth-order valence-electron chi connectivity index (χ4n) is 1.84. The molecule has 0 heterocycles. The molecule has 2 aromatic carbocycles. The van der Waals surface area contributed by atoms with Crippen LogP contribution in [0.3, 0.4) is 0 Å². The third-order valence-corrected chi connectivity index (χ3v) is 3.24. The molecule has 1 amide bonds. The predicted molar refractivity (Wildman–Crippen MR) is 92.6 cm³/mol. The molecule has 2 aromatic rings. The van der Waals surface area contributed by atoms with Gasteiger partial charge in [-0.05, 0) is 36.8 Å². The van der Waals surface area contributed by atoms with E-state index in [0.29, 0.717) is 11.3 Å². The van der Waals surface area contributed by atoms with E-state index >= 15 is 0 Å². The van der Waals surface area contributed by atoms with Gasteiger partial charge in [-0.1, -0.05) is 12.1 Å². The second kappa shape index (κ2) is 8.58. The van der Waals surface area contributed by atoms with Crippen LogP contribution in [0.5, 0.6) is 5.75 Å². The topological polar surface area (TPSA) is 134 Å².